The Bertz CT molecular complexity index is 1220. The minimum Gasteiger partial charge on any atom is -0.507 e. The van der Waals surface area contributed by atoms with Crippen LogP contribution in [0.25, 0.3) is 22.0 Å². The Morgan fingerprint density at radius 1 is 1.12 bits per heavy atom. The highest BCUT2D eigenvalue weighted by atomic mass is 19.4. The number of nitrogens with one attached hydrogen (secondary N) is 1. The van der Waals surface area contributed by atoms with E-state index in [1.807, 2.05) is 32.9 Å². The molecule has 3 aromatic rings. The number of alkyl halides is 3. The van der Waals surface area contributed by atoms with Gasteiger partial charge in [0.05, 0.1) is 5.56 Å². The number of ether oxygens (including phenoxy) is 1. The van der Waals surface area contributed by atoms with Gasteiger partial charge >= 0.3 is 12.3 Å². The summed E-state index contributed by atoms with van der Waals surface area (Å²) in [6.07, 6.45) is -4.25. The van der Waals surface area contributed by atoms with E-state index in [2.05, 4.69) is 15.5 Å². The molecule has 2 aromatic carbocycles. The Hall–Kier alpha value is -3.56. The van der Waals surface area contributed by atoms with Crippen LogP contribution in [0.3, 0.4) is 0 Å². The summed E-state index contributed by atoms with van der Waals surface area (Å²) in [5.41, 5.74) is -1.10. The van der Waals surface area contributed by atoms with Crippen molar-refractivity contribution in [3.8, 4) is 17.0 Å². The number of hydrogen-bond donors (Lipinski definition) is 2. The number of rotatable bonds is 3. The molecule has 1 aliphatic heterocycles. The topological polar surface area (TPSA) is 87.6 Å². The molecule has 34 heavy (non-hydrogen) atoms. The lowest BCUT2D eigenvalue weighted by atomic mass is 10.0. The second kappa shape index (κ2) is 8.66. The van der Waals surface area contributed by atoms with Crippen molar-refractivity contribution in [1.29, 1.82) is 0 Å². The van der Waals surface area contributed by atoms with Crippen LogP contribution >= 0.6 is 0 Å². The molecule has 1 fully saturated rings. The molecule has 7 nitrogen and oxygen atoms in total. The van der Waals surface area contributed by atoms with E-state index in [9.17, 15) is 23.1 Å². The number of aromatic hydroxyl groups is 1. The second-order valence-electron chi connectivity index (χ2n) is 9.23. The number of likely N-dealkylation sites (tertiary alicyclic amines) is 1. The van der Waals surface area contributed by atoms with E-state index in [4.69, 9.17) is 4.74 Å². The first-order chi connectivity index (χ1) is 15.9. The second-order valence-corrected chi connectivity index (χ2v) is 9.23. The highest BCUT2D eigenvalue weighted by Gasteiger charge is 2.32. The average molecular weight is 474 g/mol. The van der Waals surface area contributed by atoms with Gasteiger partial charge < -0.3 is 20.1 Å². The molecule has 0 unspecified atom stereocenters. The number of carbonyl (C=O) groups is 1. The van der Waals surface area contributed by atoms with E-state index in [-0.39, 0.29) is 23.4 Å². The van der Waals surface area contributed by atoms with Crippen LogP contribution in [0.5, 0.6) is 5.75 Å². The standard InChI is InChI=1S/C24H25F3N4O3/c1-23(2,3)34-22(33)31-11-10-15(13-31)28-21-17-7-5-4-6-16(17)20(29-30-21)18-9-8-14(12-19(18)32)24(25,26)27/h4-9,12,15,32H,10-11,13H2,1-3H3,(H,28,30)/t15-/m1/s1. The highest BCUT2D eigenvalue weighted by molar-refractivity contribution is 6.00. The summed E-state index contributed by atoms with van der Waals surface area (Å²) in [6, 6.07) is 9.88. The van der Waals surface area contributed by atoms with Gasteiger partial charge in [-0.3, -0.25) is 0 Å². The zero-order valence-electron chi connectivity index (χ0n) is 19.0. The van der Waals surface area contributed by atoms with E-state index < -0.39 is 23.1 Å². The molecule has 10 heteroatoms. The molecule has 0 bridgehead atoms. The lowest BCUT2D eigenvalue weighted by Gasteiger charge is -2.24. The normalized spacial score (nSPS) is 16.6. The quantitative estimate of drug-likeness (QED) is 0.526. The maximum Gasteiger partial charge on any atom is 0.416 e. The molecule has 2 N–H and O–H groups in total. The lowest BCUT2D eigenvalue weighted by Crippen LogP contribution is -2.36. The van der Waals surface area contributed by atoms with E-state index in [1.54, 1.807) is 17.0 Å². The van der Waals surface area contributed by atoms with E-state index in [0.717, 1.165) is 6.07 Å². The van der Waals surface area contributed by atoms with E-state index in [0.29, 0.717) is 42.2 Å². The number of phenols is 1. The van der Waals surface area contributed by atoms with Gasteiger partial charge in [0, 0.05) is 35.5 Å². The first-order valence-corrected chi connectivity index (χ1v) is 10.8. The van der Waals surface area contributed by atoms with Crippen LogP contribution in [0.15, 0.2) is 42.5 Å². The summed E-state index contributed by atoms with van der Waals surface area (Å²) >= 11 is 0. The van der Waals surface area contributed by atoms with Crippen LogP contribution in [0.4, 0.5) is 23.8 Å². The molecule has 180 valence electrons. The Labute approximate surface area is 194 Å². The average Bonchev–Trinajstić information content (AvgIpc) is 3.21. The minimum absolute atomic E-state index is 0.0736. The summed E-state index contributed by atoms with van der Waals surface area (Å²) < 4.78 is 44.4. The number of nitrogens with zero attached hydrogens (tertiary/aromatic N) is 3. The third kappa shape index (κ3) is 5.00. The van der Waals surface area contributed by atoms with Gasteiger partial charge in [0.25, 0.3) is 0 Å². The molecule has 1 amide bonds. The van der Waals surface area contributed by atoms with Crippen LogP contribution in [0.2, 0.25) is 0 Å². The van der Waals surface area contributed by atoms with Gasteiger partial charge in [0.15, 0.2) is 5.82 Å². The minimum atomic E-state index is -4.56. The van der Waals surface area contributed by atoms with Gasteiger partial charge in [-0.05, 0) is 45.4 Å². The predicted molar refractivity (Wildman–Crippen MR) is 121 cm³/mol. The van der Waals surface area contributed by atoms with Gasteiger partial charge in [0.2, 0.25) is 0 Å². The van der Waals surface area contributed by atoms with Crippen molar-refractivity contribution in [3.05, 3.63) is 48.0 Å². The maximum absolute atomic E-state index is 13.0. The molecule has 0 saturated carbocycles. The number of aromatic nitrogens is 2. The largest absolute Gasteiger partial charge is 0.507 e. The predicted octanol–water partition coefficient (Wildman–Crippen LogP) is 5.44. The summed E-state index contributed by atoms with van der Waals surface area (Å²) in [7, 11) is 0. The van der Waals surface area contributed by atoms with Crippen molar-refractivity contribution in [2.45, 2.75) is 45.0 Å². The summed E-state index contributed by atoms with van der Waals surface area (Å²) in [4.78, 5) is 14.0. The lowest BCUT2D eigenvalue weighted by molar-refractivity contribution is -0.137. The van der Waals surface area contributed by atoms with Crippen LogP contribution in [-0.4, -0.2) is 51.0 Å². The van der Waals surface area contributed by atoms with Gasteiger partial charge in [-0.2, -0.15) is 13.2 Å². The molecule has 0 aliphatic carbocycles. The van der Waals surface area contributed by atoms with Crippen molar-refractivity contribution in [1.82, 2.24) is 15.1 Å². The van der Waals surface area contributed by atoms with Gasteiger partial charge in [-0.25, -0.2) is 4.79 Å². The Morgan fingerprint density at radius 2 is 1.82 bits per heavy atom. The Balaban J connectivity index is 1.60. The molecule has 1 atom stereocenters. The zero-order chi connectivity index (χ0) is 24.7. The van der Waals surface area contributed by atoms with Crippen LogP contribution < -0.4 is 5.32 Å². The van der Waals surface area contributed by atoms with Gasteiger partial charge in [0.1, 0.15) is 17.0 Å². The molecular formula is C24H25F3N4O3. The van der Waals surface area contributed by atoms with E-state index in [1.165, 1.54) is 6.07 Å². The molecule has 2 heterocycles. The summed E-state index contributed by atoms with van der Waals surface area (Å²) in [5.74, 6) is -0.0411. The molecule has 1 aliphatic rings. The fourth-order valence-corrected chi connectivity index (χ4v) is 3.88. The van der Waals surface area contributed by atoms with Crippen LogP contribution in [0, 0.1) is 0 Å². The van der Waals surface area contributed by atoms with Crippen molar-refractivity contribution in [2.24, 2.45) is 0 Å². The number of anilines is 1. The molecule has 0 radical (unpaired) electrons. The number of phenolic OH excluding ortho intramolecular Hbond substituents is 1. The number of carbonyl (C=O) groups excluding carboxylic acids is 1. The number of amides is 1. The molecule has 1 saturated heterocycles. The number of halogens is 3. The monoisotopic (exact) mass is 474 g/mol. The van der Waals surface area contributed by atoms with Crippen molar-refractivity contribution in [2.75, 3.05) is 18.4 Å². The third-order valence-corrected chi connectivity index (χ3v) is 5.45. The summed E-state index contributed by atoms with van der Waals surface area (Å²) in [6.45, 7) is 6.42. The maximum atomic E-state index is 13.0. The molecule has 0 spiro atoms. The van der Waals surface area contributed by atoms with Gasteiger partial charge in [-0.1, -0.05) is 24.3 Å². The van der Waals surface area contributed by atoms with Crippen molar-refractivity contribution < 1.29 is 27.8 Å². The third-order valence-electron chi connectivity index (χ3n) is 5.45. The fraction of sp³-hybridized carbons (Fsp3) is 0.375. The molecule has 4 rings (SSSR count). The molecular weight excluding hydrogens is 449 g/mol. The first-order valence-electron chi connectivity index (χ1n) is 10.8. The van der Waals surface area contributed by atoms with Gasteiger partial charge in [-0.15, -0.1) is 10.2 Å². The van der Waals surface area contributed by atoms with Crippen molar-refractivity contribution >= 4 is 22.7 Å². The zero-order valence-corrected chi connectivity index (χ0v) is 19.0. The smallest absolute Gasteiger partial charge is 0.416 e. The van der Waals surface area contributed by atoms with E-state index >= 15 is 0 Å². The van der Waals surface area contributed by atoms with Crippen molar-refractivity contribution in [3.63, 3.8) is 0 Å². The van der Waals surface area contributed by atoms with Crippen LogP contribution in [0.1, 0.15) is 32.8 Å². The summed E-state index contributed by atoms with van der Waals surface area (Å²) in [5, 5.41) is 23.4. The van der Waals surface area contributed by atoms with Crippen LogP contribution in [-0.2, 0) is 10.9 Å². The SMILES string of the molecule is CC(C)(C)OC(=O)N1CC[C@@H](Nc2nnc(-c3ccc(C(F)(F)F)cc3O)c3ccccc23)C1. The Morgan fingerprint density at radius 3 is 2.47 bits per heavy atom. The molecule has 1 aromatic heterocycles. The first kappa shape index (κ1) is 23.6. The number of fused-ring (bicyclic) bond motifs is 1. The number of benzene rings is 2. The Kier molecular flexibility index (Phi) is 6.01. The highest BCUT2D eigenvalue weighted by Crippen LogP contribution is 2.38. The fourth-order valence-electron chi connectivity index (χ4n) is 3.88. The number of hydrogen-bond acceptors (Lipinski definition) is 6.